The van der Waals surface area contributed by atoms with Gasteiger partial charge in [-0.25, -0.2) is 0 Å². The van der Waals surface area contributed by atoms with E-state index in [1.54, 1.807) is 0 Å². The van der Waals surface area contributed by atoms with E-state index in [1.807, 2.05) is 0 Å². The van der Waals surface area contributed by atoms with E-state index in [1.165, 1.54) is 52.1 Å². The minimum absolute atomic E-state index is 0.00343. The molecule has 4 nitrogen and oxygen atoms in total. The monoisotopic (exact) mass is 388 g/mol. The second-order valence-electron chi connectivity index (χ2n) is 11.0. The van der Waals surface area contributed by atoms with Crippen molar-refractivity contribution < 1.29 is 19.1 Å². The van der Waals surface area contributed by atoms with Crippen molar-refractivity contribution in [3.63, 3.8) is 0 Å². The molecule has 28 heavy (non-hydrogen) atoms. The topological polar surface area (TPSA) is 52.6 Å². The lowest BCUT2D eigenvalue weighted by Crippen LogP contribution is -2.58. The predicted molar refractivity (Wildman–Crippen MR) is 107 cm³/mol. The number of allylic oxidation sites excluding steroid dienone is 2. The van der Waals surface area contributed by atoms with Crippen molar-refractivity contribution in [2.75, 3.05) is 13.7 Å². The minimum atomic E-state index is -0.526. The molecule has 0 amide bonds. The Kier molecular flexibility index (Phi) is 4.71. The first-order valence-corrected chi connectivity index (χ1v) is 11.1. The fourth-order valence-electron chi connectivity index (χ4n) is 7.93. The molecule has 1 unspecified atom stereocenters. The highest BCUT2D eigenvalue weighted by Crippen LogP contribution is 2.71. The van der Waals surface area contributed by atoms with Crippen molar-refractivity contribution in [3.8, 4) is 0 Å². The van der Waals surface area contributed by atoms with Gasteiger partial charge in [-0.15, -0.1) is 0 Å². The lowest BCUT2D eigenvalue weighted by atomic mass is 9.40. The van der Waals surface area contributed by atoms with Crippen LogP contribution in [0.15, 0.2) is 12.2 Å². The van der Waals surface area contributed by atoms with Crippen LogP contribution in [0.3, 0.4) is 0 Å². The molecular formula is C24H36O4. The summed E-state index contributed by atoms with van der Waals surface area (Å²) in [6, 6.07) is 0. The second kappa shape index (κ2) is 6.60. The summed E-state index contributed by atoms with van der Waals surface area (Å²) in [5.74, 6) is 0.339. The molecule has 0 aromatic carbocycles. The van der Waals surface area contributed by atoms with Gasteiger partial charge in [-0.1, -0.05) is 39.3 Å². The van der Waals surface area contributed by atoms with E-state index in [2.05, 4.69) is 37.7 Å². The van der Waals surface area contributed by atoms with Crippen LogP contribution in [-0.2, 0) is 19.1 Å². The Balaban J connectivity index is 1.52. The molecule has 2 bridgehead atoms. The molecule has 4 rings (SSSR count). The predicted octanol–water partition coefficient (Wildman–Crippen LogP) is 5.06. The number of fused-ring (bicyclic) bond motifs is 3. The highest BCUT2D eigenvalue weighted by Gasteiger charge is 2.63. The van der Waals surface area contributed by atoms with E-state index in [9.17, 15) is 9.59 Å². The summed E-state index contributed by atoms with van der Waals surface area (Å²) in [7, 11) is 1.30. The van der Waals surface area contributed by atoms with Crippen molar-refractivity contribution in [1.29, 1.82) is 0 Å². The Morgan fingerprint density at radius 1 is 0.964 bits per heavy atom. The quantitative estimate of drug-likeness (QED) is 0.384. The summed E-state index contributed by atoms with van der Waals surface area (Å²) in [6.07, 6.45) is 14.9. The molecule has 0 aromatic rings. The first-order valence-electron chi connectivity index (χ1n) is 11.1. The lowest BCUT2D eigenvalue weighted by Gasteiger charge is -2.64. The van der Waals surface area contributed by atoms with Crippen LogP contribution < -0.4 is 0 Å². The van der Waals surface area contributed by atoms with Gasteiger partial charge in [-0.3, -0.25) is 9.59 Å². The number of hydrogen-bond acceptors (Lipinski definition) is 4. The summed E-state index contributed by atoms with van der Waals surface area (Å²) in [4.78, 5) is 23.4. The van der Waals surface area contributed by atoms with Crippen molar-refractivity contribution in [1.82, 2.24) is 0 Å². The number of rotatable bonds is 4. The van der Waals surface area contributed by atoms with Crippen LogP contribution in [0.25, 0.3) is 0 Å². The fourth-order valence-corrected chi connectivity index (χ4v) is 7.93. The third-order valence-electron chi connectivity index (χ3n) is 9.12. The summed E-state index contributed by atoms with van der Waals surface area (Å²) >= 11 is 0. The Bertz CT molecular complexity index is 699. The average Bonchev–Trinajstić information content (AvgIpc) is 2.89. The third-order valence-corrected chi connectivity index (χ3v) is 9.12. The highest BCUT2D eigenvalue weighted by atomic mass is 16.5. The molecule has 0 aliphatic heterocycles. The molecule has 4 aliphatic rings. The van der Waals surface area contributed by atoms with E-state index in [-0.39, 0.29) is 11.8 Å². The van der Waals surface area contributed by atoms with Gasteiger partial charge in [-0.2, -0.15) is 0 Å². The van der Waals surface area contributed by atoms with Crippen LogP contribution in [0.4, 0.5) is 0 Å². The van der Waals surface area contributed by atoms with Gasteiger partial charge >= 0.3 is 11.9 Å². The SMILES string of the molecule is COC(=O)CC(=O)OC[C@@]1(C)CCC[C@@]2(C)C1CC[C@]13C=C[C@](C)(CC[C@@H]12)C3. The molecule has 0 heterocycles. The number of hydrogen-bond donors (Lipinski definition) is 0. The maximum atomic E-state index is 12.1. The van der Waals surface area contributed by atoms with Crippen LogP contribution in [-0.4, -0.2) is 25.7 Å². The van der Waals surface area contributed by atoms with E-state index in [0.29, 0.717) is 28.8 Å². The molecule has 0 N–H and O–H groups in total. The highest BCUT2D eigenvalue weighted by molar-refractivity contribution is 5.91. The smallest absolute Gasteiger partial charge is 0.317 e. The summed E-state index contributed by atoms with van der Waals surface area (Å²) in [5, 5.41) is 0. The average molecular weight is 389 g/mol. The van der Waals surface area contributed by atoms with E-state index < -0.39 is 11.9 Å². The van der Waals surface area contributed by atoms with Crippen molar-refractivity contribution in [2.45, 2.75) is 78.6 Å². The third kappa shape index (κ3) is 3.02. The molecular weight excluding hydrogens is 352 g/mol. The summed E-state index contributed by atoms with van der Waals surface area (Å²) in [5.41, 5.74) is 1.14. The molecule has 3 saturated carbocycles. The first kappa shape index (κ1) is 20.0. The Labute approximate surface area is 169 Å². The maximum Gasteiger partial charge on any atom is 0.317 e. The Morgan fingerprint density at radius 2 is 1.71 bits per heavy atom. The van der Waals surface area contributed by atoms with E-state index in [4.69, 9.17) is 4.74 Å². The van der Waals surface area contributed by atoms with Gasteiger partial charge in [0.25, 0.3) is 0 Å². The minimum Gasteiger partial charge on any atom is -0.469 e. The zero-order valence-corrected chi connectivity index (χ0v) is 18.0. The molecule has 0 aromatic heterocycles. The normalized spacial score (nSPS) is 46.4. The van der Waals surface area contributed by atoms with Gasteiger partial charge in [0.05, 0.1) is 13.7 Å². The number of ether oxygens (including phenoxy) is 2. The van der Waals surface area contributed by atoms with Gasteiger partial charge in [-0.05, 0) is 73.0 Å². The molecule has 156 valence electrons. The fraction of sp³-hybridized carbons (Fsp3) is 0.833. The molecule has 0 radical (unpaired) electrons. The zero-order valence-electron chi connectivity index (χ0n) is 18.0. The Morgan fingerprint density at radius 3 is 2.46 bits per heavy atom. The zero-order chi connectivity index (χ0) is 20.2. The second-order valence-corrected chi connectivity index (χ2v) is 11.0. The van der Waals surface area contributed by atoms with Gasteiger partial charge in [0.1, 0.15) is 6.42 Å². The van der Waals surface area contributed by atoms with Crippen LogP contribution in [0.2, 0.25) is 0 Å². The maximum absolute atomic E-state index is 12.1. The number of carbonyl (C=O) groups is 2. The largest absolute Gasteiger partial charge is 0.469 e. The number of carbonyl (C=O) groups excluding carboxylic acids is 2. The van der Waals surface area contributed by atoms with Crippen LogP contribution >= 0.6 is 0 Å². The molecule has 1 spiro atoms. The van der Waals surface area contributed by atoms with Crippen LogP contribution in [0.5, 0.6) is 0 Å². The lowest BCUT2D eigenvalue weighted by molar-refractivity contribution is -0.173. The van der Waals surface area contributed by atoms with E-state index in [0.717, 1.165) is 12.3 Å². The van der Waals surface area contributed by atoms with Crippen molar-refractivity contribution in [2.24, 2.45) is 33.5 Å². The van der Waals surface area contributed by atoms with Crippen LogP contribution in [0, 0.1) is 33.5 Å². The molecule has 3 fully saturated rings. The van der Waals surface area contributed by atoms with Gasteiger partial charge in [0.15, 0.2) is 0 Å². The molecule has 0 saturated heterocycles. The summed E-state index contributed by atoms with van der Waals surface area (Å²) in [6.45, 7) is 7.71. The Hall–Kier alpha value is -1.32. The van der Waals surface area contributed by atoms with Gasteiger partial charge < -0.3 is 9.47 Å². The number of esters is 2. The molecule has 4 aliphatic carbocycles. The van der Waals surface area contributed by atoms with Crippen molar-refractivity contribution in [3.05, 3.63) is 12.2 Å². The molecule has 6 atom stereocenters. The number of methoxy groups -OCH3 is 1. The van der Waals surface area contributed by atoms with Gasteiger partial charge in [0.2, 0.25) is 0 Å². The first-order chi connectivity index (χ1) is 13.1. The van der Waals surface area contributed by atoms with E-state index >= 15 is 0 Å². The standard InChI is InChI=1S/C24H36O4/c1-21-10-6-18-23(3)9-5-8-22(2,16-28-20(26)14-19(25)27-4)17(23)7-11-24(18,15-21)13-12-21/h12-13,17-18H,5-11,14-16H2,1-4H3/t17?,18-,21+,22-,23+,24-/m1/s1. The van der Waals surface area contributed by atoms with Crippen LogP contribution in [0.1, 0.15) is 78.6 Å². The molecule has 4 heteroatoms. The van der Waals surface area contributed by atoms with Crippen molar-refractivity contribution >= 4 is 11.9 Å². The van der Waals surface area contributed by atoms with Gasteiger partial charge in [0, 0.05) is 5.41 Å². The summed E-state index contributed by atoms with van der Waals surface area (Å²) < 4.78 is 10.2.